The molecule has 8 heteroatoms. The van der Waals surface area contributed by atoms with Crippen LogP contribution in [0.2, 0.25) is 0 Å². The van der Waals surface area contributed by atoms with Crippen molar-refractivity contribution in [1.82, 2.24) is 15.6 Å². The fourth-order valence-electron chi connectivity index (χ4n) is 2.18. The molecule has 0 radical (unpaired) electrons. The van der Waals surface area contributed by atoms with Crippen molar-refractivity contribution in [1.29, 1.82) is 0 Å². The summed E-state index contributed by atoms with van der Waals surface area (Å²) in [6.45, 7) is 5.43. The van der Waals surface area contributed by atoms with Gasteiger partial charge in [0, 0.05) is 43.5 Å². The maximum absolute atomic E-state index is 11.9. The number of aliphatic imine (C=N–C) groups is 1. The van der Waals surface area contributed by atoms with Gasteiger partial charge in [-0.2, -0.15) is 0 Å². The molecule has 2 heterocycles. The van der Waals surface area contributed by atoms with Gasteiger partial charge in [-0.25, -0.2) is 4.98 Å². The van der Waals surface area contributed by atoms with Crippen LogP contribution in [0.25, 0.3) is 0 Å². The zero-order valence-corrected chi connectivity index (χ0v) is 18.4. The van der Waals surface area contributed by atoms with Gasteiger partial charge in [0.2, 0.25) is 5.91 Å². The molecule has 1 amide bonds. The molecule has 0 aliphatic rings. The number of nitrogens with zero attached hydrogens (tertiary/aromatic N) is 2. The van der Waals surface area contributed by atoms with Crippen LogP contribution in [0.1, 0.15) is 29.7 Å². The van der Waals surface area contributed by atoms with E-state index in [-0.39, 0.29) is 29.9 Å². The molecule has 0 saturated heterocycles. The zero-order valence-electron chi connectivity index (χ0n) is 15.3. The molecule has 26 heavy (non-hydrogen) atoms. The van der Waals surface area contributed by atoms with Gasteiger partial charge in [-0.1, -0.05) is 19.1 Å². The summed E-state index contributed by atoms with van der Waals surface area (Å²) in [7, 11) is 1.72. The van der Waals surface area contributed by atoms with Crippen molar-refractivity contribution >= 4 is 53.0 Å². The Balaban J connectivity index is 0.00000338. The number of hydrogen-bond acceptors (Lipinski definition) is 4. The number of carbonyl (C=O) groups excluding carboxylic acids is 1. The summed E-state index contributed by atoms with van der Waals surface area (Å²) < 4.78 is 0. The van der Waals surface area contributed by atoms with Crippen LogP contribution in [-0.4, -0.2) is 37.0 Å². The van der Waals surface area contributed by atoms with Gasteiger partial charge < -0.3 is 16.0 Å². The van der Waals surface area contributed by atoms with Crippen molar-refractivity contribution in [2.24, 2.45) is 4.99 Å². The third-order valence-electron chi connectivity index (χ3n) is 3.65. The van der Waals surface area contributed by atoms with Gasteiger partial charge in [-0.15, -0.1) is 35.3 Å². The highest BCUT2D eigenvalue weighted by molar-refractivity contribution is 14.0. The summed E-state index contributed by atoms with van der Waals surface area (Å²) in [5.74, 6) is 1.60. The quantitative estimate of drug-likeness (QED) is 0.318. The predicted molar refractivity (Wildman–Crippen MR) is 120 cm³/mol. The lowest BCUT2D eigenvalue weighted by atomic mass is 10.1. The first kappa shape index (κ1) is 22.4. The third-order valence-corrected chi connectivity index (χ3v) is 4.76. The summed E-state index contributed by atoms with van der Waals surface area (Å²) in [5, 5.41) is 11.3. The number of guanidine groups is 1. The van der Waals surface area contributed by atoms with E-state index in [4.69, 9.17) is 0 Å². The molecule has 3 N–H and O–H groups in total. The highest BCUT2D eigenvalue weighted by atomic mass is 127. The van der Waals surface area contributed by atoms with Crippen LogP contribution in [0.4, 0.5) is 5.82 Å². The minimum Gasteiger partial charge on any atom is -0.356 e. The van der Waals surface area contributed by atoms with Crippen molar-refractivity contribution in [3.63, 3.8) is 0 Å². The standard InChI is InChI=1S/C18H25N5OS.HI/c1-13-6-7-16(21-11-13)23-17(24)8-9-20-18(19-3)22-12-14(2)15-5-4-10-25-15;/h4-7,10-11,14H,8-9,12H2,1-3H3,(H2,19,20,22)(H,21,23,24);1H. The highest BCUT2D eigenvalue weighted by Crippen LogP contribution is 2.19. The van der Waals surface area contributed by atoms with Crippen LogP contribution in [-0.2, 0) is 4.79 Å². The van der Waals surface area contributed by atoms with Gasteiger partial charge in [-0.05, 0) is 30.0 Å². The number of aryl methyl sites for hydroxylation is 1. The number of anilines is 1. The van der Waals surface area contributed by atoms with E-state index in [1.54, 1.807) is 30.6 Å². The molecular formula is C18H26IN5OS. The average molecular weight is 487 g/mol. The molecule has 0 saturated carbocycles. The van der Waals surface area contributed by atoms with Crippen LogP contribution in [0.5, 0.6) is 0 Å². The van der Waals surface area contributed by atoms with Crippen molar-refractivity contribution < 1.29 is 4.79 Å². The minimum atomic E-state index is -0.0775. The van der Waals surface area contributed by atoms with Crippen LogP contribution < -0.4 is 16.0 Å². The minimum absolute atomic E-state index is 0. The predicted octanol–water partition coefficient (Wildman–Crippen LogP) is 3.37. The zero-order chi connectivity index (χ0) is 18.1. The van der Waals surface area contributed by atoms with Gasteiger partial charge in [0.1, 0.15) is 5.82 Å². The Kier molecular flexibility index (Phi) is 10.2. The van der Waals surface area contributed by atoms with Crippen LogP contribution in [0.15, 0.2) is 40.8 Å². The number of halogens is 1. The lowest BCUT2D eigenvalue weighted by Crippen LogP contribution is -2.40. The molecule has 0 bridgehead atoms. The number of carbonyl (C=O) groups is 1. The second-order valence-corrected chi connectivity index (χ2v) is 6.79. The highest BCUT2D eigenvalue weighted by Gasteiger charge is 2.08. The van der Waals surface area contributed by atoms with E-state index in [2.05, 4.69) is 50.4 Å². The largest absolute Gasteiger partial charge is 0.356 e. The van der Waals surface area contributed by atoms with Gasteiger partial charge in [0.15, 0.2) is 5.96 Å². The number of aromatic nitrogens is 1. The van der Waals surface area contributed by atoms with E-state index in [0.717, 1.165) is 12.1 Å². The Morgan fingerprint density at radius 2 is 2.12 bits per heavy atom. The second kappa shape index (κ2) is 11.8. The number of hydrogen-bond donors (Lipinski definition) is 3. The molecule has 0 aromatic carbocycles. The molecule has 0 aliphatic carbocycles. The number of nitrogens with one attached hydrogen (secondary N) is 3. The smallest absolute Gasteiger partial charge is 0.227 e. The van der Waals surface area contributed by atoms with E-state index in [1.165, 1.54) is 4.88 Å². The number of rotatable bonds is 7. The molecule has 142 valence electrons. The molecule has 1 atom stereocenters. The molecule has 1 unspecified atom stereocenters. The van der Waals surface area contributed by atoms with Crippen molar-refractivity contribution in [3.8, 4) is 0 Å². The van der Waals surface area contributed by atoms with Gasteiger partial charge in [-0.3, -0.25) is 9.79 Å². The topological polar surface area (TPSA) is 78.4 Å². The summed E-state index contributed by atoms with van der Waals surface area (Å²) in [6.07, 6.45) is 2.07. The van der Waals surface area contributed by atoms with Gasteiger partial charge in [0.05, 0.1) is 0 Å². The first-order valence-electron chi connectivity index (χ1n) is 8.29. The maximum Gasteiger partial charge on any atom is 0.227 e. The van der Waals surface area contributed by atoms with E-state index in [9.17, 15) is 4.79 Å². The van der Waals surface area contributed by atoms with Crippen molar-refractivity contribution in [2.75, 3.05) is 25.5 Å². The normalized spacial score (nSPS) is 12.0. The molecule has 0 spiro atoms. The van der Waals surface area contributed by atoms with Crippen LogP contribution in [0.3, 0.4) is 0 Å². The molecule has 2 rings (SSSR count). The fraction of sp³-hybridized carbons (Fsp3) is 0.389. The third kappa shape index (κ3) is 7.69. The van der Waals surface area contributed by atoms with E-state index < -0.39 is 0 Å². The SMILES string of the molecule is CN=C(NCCC(=O)Nc1ccc(C)cn1)NCC(C)c1cccs1.I. The summed E-state index contributed by atoms with van der Waals surface area (Å²) in [5.41, 5.74) is 1.06. The van der Waals surface area contributed by atoms with E-state index >= 15 is 0 Å². The summed E-state index contributed by atoms with van der Waals surface area (Å²) in [4.78, 5) is 21.6. The lowest BCUT2D eigenvalue weighted by molar-refractivity contribution is -0.116. The first-order chi connectivity index (χ1) is 12.1. The molecule has 0 aliphatic heterocycles. The second-order valence-electron chi connectivity index (χ2n) is 5.82. The van der Waals surface area contributed by atoms with E-state index in [1.807, 2.05) is 13.0 Å². The molecule has 2 aromatic heterocycles. The Morgan fingerprint density at radius 3 is 2.73 bits per heavy atom. The van der Waals surface area contributed by atoms with Gasteiger partial charge in [0.25, 0.3) is 0 Å². The van der Waals surface area contributed by atoms with Crippen LogP contribution >= 0.6 is 35.3 Å². The van der Waals surface area contributed by atoms with Crippen molar-refractivity contribution in [2.45, 2.75) is 26.2 Å². The summed E-state index contributed by atoms with van der Waals surface area (Å²) >= 11 is 1.75. The lowest BCUT2D eigenvalue weighted by Gasteiger charge is -2.15. The number of thiophene rings is 1. The van der Waals surface area contributed by atoms with Crippen LogP contribution in [0, 0.1) is 6.92 Å². The monoisotopic (exact) mass is 487 g/mol. The number of pyridine rings is 1. The Hall–Kier alpha value is -1.68. The molecule has 0 fully saturated rings. The molecular weight excluding hydrogens is 461 g/mol. The maximum atomic E-state index is 11.9. The molecule has 2 aromatic rings. The number of amides is 1. The average Bonchev–Trinajstić information content (AvgIpc) is 3.14. The Labute approximate surface area is 175 Å². The Bertz CT molecular complexity index is 688. The molecule has 6 nitrogen and oxygen atoms in total. The Morgan fingerprint density at radius 1 is 1.31 bits per heavy atom. The fourth-order valence-corrected chi connectivity index (χ4v) is 2.97. The summed E-state index contributed by atoms with van der Waals surface area (Å²) in [6, 6.07) is 7.91. The van der Waals surface area contributed by atoms with E-state index in [0.29, 0.717) is 30.7 Å². The van der Waals surface area contributed by atoms with Gasteiger partial charge >= 0.3 is 0 Å². The first-order valence-corrected chi connectivity index (χ1v) is 9.17. The van der Waals surface area contributed by atoms with Crippen molar-refractivity contribution in [3.05, 3.63) is 46.3 Å².